The van der Waals surface area contributed by atoms with Crippen LogP contribution in [-0.2, 0) is 9.53 Å². The molecule has 0 radical (unpaired) electrons. The van der Waals surface area contributed by atoms with Crippen LogP contribution in [0.25, 0.3) is 0 Å². The minimum Gasteiger partial charge on any atom is -0.379 e. The second-order valence-corrected chi connectivity index (χ2v) is 6.79. The number of ether oxygens (including phenoxy) is 1. The minimum absolute atomic E-state index is 0.00863. The zero-order valence-corrected chi connectivity index (χ0v) is 13.4. The van der Waals surface area contributed by atoms with E-state index in [1.165, 1.54) is 0 Å². The second kappa shape index (κ2) is 6.90. The van der Waals surface area contributed by atoms with Gasteiger partial charge in [0.25, 0.3) is 0 Å². The number of amides is 1. The Bertz CT molecular complexity index is 326. The van der Waals surface area contributed by atoms with Gasteiger partial charge in [0.2, 0.25) is 5.91 Å². The summed E-state index contributed by atoms with van der Waals surface area (Å²) in [5, 5.41) is 3.59. The van der Waals surface area contributed by atoms with E-state index < -0.39 is 0 Å². The summed E-state index contributed by atoms with van der Waals surface area (Å²) in [6, 6.07) is 0.257. The van der Waals surface area contributed by atoms with Gasteiger partial charge in [-0.15, -0.1) is 0 Å². The van der Waals surface area contributed by atoms with Gasteiger partial charge in [0.05, 0.1) is 24.9 Å². The van der Waals surface area contributed by atoms with E-state index >= 15 is 0 Å². The van der Waals surface area contributed by atoms with E-state index in [0.717, 1.165) is 32.3 Å². The SMILES string of the molecule is CCC(C)C1NC(CC(C)C)N(C2CCCOC2)C1=O. The lowest BCUT2D eigenvalue weighted by Crippen LogP contribution is -2.48. The van der Waals surface area contributed by atoms with Crippen LogP contribution in [0.5, 0.6) is 0 Å². The molecule has 0 aromatic carbocycles. The van der Waals surface area contributed by atoms with E-state index in [0.29, 0.717) is 24.3 Å². The molecule has 0 aromatic rings. The summed E-state index contributed by atoms with van der Waals surface area (Å²) in [6.07, 6.45) is 4.39. The molecule has 2 saturated heterocycles. The Kier molecular flexibility index (Phi) is 5.44. The van der Waals surface area contributed by atoms with Crippen molar-refractivity contribution in [3.8, 4) is 0 Å². The van der Waals surface area contributed by atoms with Gasteiger partial charge in [-0.05, 0) is 31.1 Å². The molecule has 1 amide bonds. The van der Waals surface area contributed by atoms with Gasteiger partial charge in [0.15, 0.2) is 0 Å². The molecule has 0 saturated carbocycles. The van der Waals surface area contributed by atoms with Crippen LogP contribution >= 0.6 is 0 Å². The van der Waals surface area contributed by atoms with Crippen LogP contribution in [0.15, 0.2) is 0 Å². The second-order valence-electron chi connectivity index (χ2n) is 6.79. The monoisotopic (exact) mass is 282 g/mol. The molecule has 0 spiro atoms. The van der Waals surface area contributed by atoms with E-state index in [1.807, 2.05) is 0 Å². The molecule has 0 aliphatic carbocycles. The quantitative estimate of drug-likeness (QED) is 0.842. The number of carbonyl (C=O) groups excluding carboxylic acids is 1. The number of nitrogens with one attached hydrogen (secondary N) is 1. The van der Waals surface area contributed by atoms with Gasteiger partial charge in [-0.1, -0.05) is 34.1 Å². The molecule has 4 nitrogen and oxygen atoms in total. The van der Waals surface area contributed by atoms with Gasteiger partial charge in [0.1, 0.15) is 0 Å². The third kappa shape index (κ3) is 3.34. The van der Waals surface area contributed by atoms with Crippen LogP contribution in [0.2, 0.25) is 0 Å². The Hall–Kier alpha value is -0.610. The van der Waals surface area contributed by atoms with Gasteiger partial charge in [0, 0.05) is 6.61 Å². The fourth-order valence-corrected chi connectivity index (χ4v) is 3.32. The molecule has 2 aliphatic heterocycles. The normalized spacial score (nSPS) is 33.0. The molecule has 20 heavy (non-hydrogen) atoms. The van der Waals surface area contributed by atoms with Crippen LogP contribution < -0.4 is 5.32 Å². The van der Waals surface area contributed by atoms with Gasteiger partial charge in [-0.3, -0.25) is 10.1 Å². The van der Waals surface area contributed by atoms with E-state index in [1.54, 1.807) is 0 Å². The average Bonchev–Trinajstić information content (AvgIpc) is 2.75. The summed E-state index contributed by atoms with van der Waals surface area (Å²) < 4.78 is 5.60. The number of carbonyl (C=O) groups is 1. The molecule has 2 rings (SSSR count). The zero-order chi connectivity index (χ0) is 14.7. The van der Waals surface area contributed by atoms with Crippen molar-refractivity contribution in [1.82, 2.24) is 10.2 Å². The van der Waals surface area contributed by atoms with Crippen molar-refractivity contribution < 1.29 is 9.53 Å². The summed E-state index contributed by atoms with van der Waals surface area (Å²) in [5.74, 6) is 1.27. The van der Waals surface area contributed by atoms with Crippen molar-refractivity contribution in [2.75, 3.05) is 13.2 Å². The lowest BCUT2D eigenvalue weighted by atomic mass is 9.99. The highest BCUT2D eigenvalue weighted by atomic mass is 16.5. The zero-order valence-electron chi connectivity index (χ0n) is 13.4. The fourth-order valence-electron chi connectivity index (χ4n) is 3.32. The lowest BCUT2D eigenvalue weighted by molar-refractivity contribution is -0.136. The third-order valence-corrected chi connectivity index (χ3v) is 4.67. The molecule has 0 bridgehead atoms. The Morgan fingerprint density at radius 3 is 2.70 bits per heavy atom. The molecule has 1 N–H and O–H groups in total. The largest absolute Gasteiger partial charge is 0.379 e. The Balaban J connectivity index is 2.12. The van der Waals surface area contributed by atoms with Crippen LogP contribution in [0, 0.1) is 11.8 Å². The number of nitrogens with zero attached hydrogens (tertiary/aromatic N) is 1. The maximum absolute atomic E-state index is 12.8. The van der Waals surface area contributed by atoms with Crippen molar-refractivity contribution in [3.05, 3.63) is 0 Å². The maximum Gasteiger partial charge on any atom is 0.241 e. The van der Waals surface area contributed by atoms with E-state index in [2.05, 4.69) is 37.9 Å². The molecular weight excluding hydrogens is 252 g/mol. The minimum atomic E-state index is -0.00863. The molecule has 116 valence electrons. The molecule has 2 aliphatic rings. The summed E-state index contributed by atoms with van der Waals surface area (Å²) >= 11 is 0. The standard InChI is InChI=1S/C16H30N2O2/c1-5-12(4)15-16(19)18(13-7-6-8-20-10-13)14(17-15)9-11(2)3/h11-15,17H,5-10H2,1-4H3. The first kappa shape index (κ1) is 15.8. The first-order chi connectivity index (χ1) is 9.54. The maximum atomic E-state index is 12.8. The summed E-state index contributed by atoms with van der Waals surface area (Å²) in [4.78, 5) is 14.9. The average molecular weight is 282 g/mol. The molecule has 4 heteroatoms. The highest BCUT2D eigenvalue weighted by Crippen LogP contribution is 2.27. The molecule has 2 heterocycles. The Morgan fingerprint density at radius 2 is 2.15 bits per heavy atom. The van der Waals surface area contributed by atoms with Crippen LogP contribution in [0.4, 0.5) is 0 Å². The first-order valence-electron chi connectivity index (χ1n) is 8.20. The van der Waals surface area contributed by atoms with Crippen molar-refractivity contribution in [3.63, 3.8) is 0 Å². The first-order valence-corrected chi connectivity index (χ1v) is 8.20. The fraction of sp³-hybridized carbons (Fsp3) is 0.938. The van der Waals surface area contributed by atoms with E-state index in [4.69, 9.17) is 4.74 Å². The van der Waals surface area contributed by atoms with Crippen LogP contribution in [-0.4, -0.2) is 42.3 Å². The summed E-state index contributed by atoms with van der Waals surface area (Å²) in [5.41, 5.74) is 0. The molecule has 4 unspecified atom stereocenters. The van der Waals surface area contributed by atoms with Crippen LogP contribution in [0.3, 0.4) is 0 Å². The van der Waals surface area contributed by atoms with Gasteiger partial charge in [-0.2, -0.15) is 0 Å². The molecule has 2 fully saturated rings. The Morgan fingerprint density at radius 1 is 1.40 bits per heavy atom. The predicted octanol–water partition coefficient (Wildman–Crippen LogP) is 2.38. The predicted molar refractivity (Wildman–Crippen MR) is 80.3 cm³/mol. The number of hydrogen-bond acceptors (Lipinski definition) is 3. The summed E-state index contributed by atoms with van der Waals surface area (Å²) in [7, 11) is 0. The highest BCUT2D eigenvalue weighted by Gasteiger charge is 2.44. The lowest BCUT2D eigenvalue weighted by Gasteiger charge is -2.35. The Labute approximate surface area is 123 Å². The molecule has 0 aromatic heterocycles. The van der Waals surface area contributed by atoms with Gasteiger partial charge < -0.3 is 9.64 Å². The van der Waals surface area contributed by atoms with Crippen molar-refractivity contribution in [2.24, 2.45) is 11.8 Å². The van der Waals surface area contributed by atoms with Gasteiger partial charge in [-0.25, -0.2) is 0 Å². The molecule has 4 atom stereocenters. The summed E-state index contributed by atoms with van der Waals surface area (Å²) in [6.45, 7) is 10.3. The van der Waals surface area contributed by atoms with Gasteiger partial charge >= 0.3 is 0 Å². The number of hydrogen-bond donors (Lipinski definition) is 1. The van der Waals surface area contributed by atoms with Crippen molar-refractivity contribution in [1.29, 1.82) is 0 Å². The molecular formula is C16H30N2O2. The van der Waals surface area contributed by atoms with Crippen LogP contribution in [0.1, 0.15) is 53.4 Å². The topological polar surface area (TPSA) is 41.6 Å². The van der Waals surface area contributed by atoms with Crippen molar-refractivity contribution in [2.45, 2.75) is 71.6 Å². The van der Waals surface area contributed by atoms with E-state index in [-0.39, 0.29) is 18.2 Å². The highest BCUT2D eigenvalue weighted by molar-refractivity contribution is 5.85. The number of rotatable bonds is 5. The third-order valence-electron chi connectivity index (χ3n) is 4.67. The van der Waals surface area contributed by atoms with Crippen molar-refractivity contribution >= 4 is 5.91 Å². The van der Waals surface area contributed by atoms with E-state index in [9.17, 15) is 4.79 Å². The smallest absolute Gasteiger partial charge is 0.241 e.